The van der Waals surface area contributed by atoms with E-state index in [1.54, 1.807) is 6.20 Å². The molecular formula is C22H31N5O2. The van der Waals surface area contributed by atoms with Crippen LogP contribution in [0.1, 0.15) is 87.3 Å². The second kappa shape index (κ2) is 8.13. The minimum absolute atomic E-state index is 0.130. The van der Waals surface area contributed by atoms with Crippen molar-refractivity contribution < 1.29 is 9.32 Å². The van der Waals surface area contributed by atoms with Crippen molar-refractivity contribution in [2.45, 2.75) is 70.8 Å². The predicted molar refractivity (Wildman–Crippen MR) is 111 cm³/mol. The SMILES string of the molecule is CC1CCN(c2ccc(C(=O)NC3(c4noc(C(C)C)n4)CCCC3)cn2)CC1. The zero-order chi connectivity index (χ0) is 20.4. The molecule has 0 radical (unpaired) electrons. The molecule has 2 fully saturated rings. The number of carbonyl (C=O) groups is 1. The van der Waals surface area contributed by atoms with Gasteiger partial charge in [-0.15, -0.1) is 0 Å². The first-order valence-corrected chi connectivity index (χ1v) is 10.8. The first-order chi connectivity index (χ1) is 14.0. The van der Waals surface area contributed by atoms with Gasteiger partial charge in [-0.1, -0.05) is 38.8 Å². The van der Waals surface area contributed by atoms with Gasteiger partial charge in [-0.3, -0.25) is 4.79 Å². The van der Waals surface area contributed by atoms with Gasteiger partial charge in [0.15, 0.2) is 5.82 Å². The summed E-state index contributed by atoms with van der Waals surface area (Å²) in [6, 6.07) is 3.82. The molecule has 3 heterocycles. The highest BCUT2D eigenvalue weighted by molar-refractivity contribution is 5.94. The normalized spacial score (nSPS) is 19.7. The van der Waals surface area contributed by atoms with E-state index >= 15 is 0 Å². The van der Waals surface area contributed by atoms with Crippen molar-refractivity contribution in [3.63, 3.8) is 0 Å². The highest BCUT2D eigenvalue weighted by Crippen LogP contribution is 2.38. The maximum absolute atomic E-state index is 13.0. The van der Waals surface area contributed by atoms with Gasteiger partial charge in [0.05, 0.1) is 5.56 Å². The maximum Gasteiger partial charge on any atom is 0.253 e. The summed E-state index contributed by atoms with van der Waals surface area (Å²) in [7, 11) is 0. The number of hydrogen-bond acceptors (Lipinski definition) is 6. The number of amides is 1. The summed E-state index contributed by atoms with van der Waals surface area (Å²) >= 11 is 0. The van der Waals surface area contributed by atoms with Crippen LogP contribution in [0.25, 0.3) is 0 Å². The van der Waals surface area contributed by atoms with E-state index in [1.165, 1.54) is 12.8 Å². The fourth-order valence-corrected chi connectivity index (χ4v) is 4.28. The van der Waals surface area contributed by atoms with Crippen LogP contribution in [-0.4, -0.2) is 34.1 Å². The molecule has 0 atom stereocenters. The summed E-state index contributed by atoms with van der Waals surface area (Å²) in [5, 5.41) is 7.40. The molecule has 7 heteroatoms. The van der Waals surface area contributed by atoms with Crippen molar-refractivity contribution in [3.05, 3.63) is 35.6 Å². The lowest BCUT2D eigenvalue weighted by Crippen LogP contribution is -2.44. The Hall–Kier alpha value is -2.44. The lowest BCUT2D eigenvalue weighted by Gasteiger charge is -2.31. The van der Waals surface area contributed by atoms with Gasteiger partial charge in [-0.25, -0.2) is 4.98 Å². The van der Waals surface area contributed by atoms with E-state index in [2.05, 4.69) is 32.3 Å². The smallest absolute Gasteiger partial charge is 0.253 e. The molecule has 29 heavy (non-hydrogen) atoms. The van der Waals surface area contributed by atoms with Crippen LogP contribution in [0.4, 0.5) is 5.82 Å². The van der Waals surface area contributed by atoms with Crippen molar-refractivity contribution in [1.82, 2.24) is 20.4 Å². The molecule has 1 N–H and O–H groups in total. The van der Waals surface area contributed by atoms with Crippen molar-refractivity contribution in [2.24, 2.45) is 5.92 Å². The molecule has 2 aromatic heterocycles. The van der Waals surface area contributed by atoms with Crippen LogP contribution in [0.5, 0.6) is 0 Å². The van der Waals surface area contributed by atoms with Crippen LogP contribution in [0.15, 0.2) is 22.9 Å². The molecule has 2 aromatic rings. The molecule has 2 aliphatic rings. The van der Waals surface area contributed by atoms with Gasteiger partial charge >= 0.3 is 0 Å². The molecule has 0 unspecified atom stereocenters. The summed E-state index contributed by atoms with van der Waals surface area (Å²) in [6.07, 6.45) is 7.79. The molecule has 4 rings (SSSR count). The summed E-state index contributed by atoms with van der Waals surface area (Å²) in [5.74, 6) is 2.97. The number of carbonyl (C=O) groups excluding carboxylic acids is 1. The first-order valence-electron chi connectivity index (χ1n) is 10.8. The first kappa shape index (κ1) is 19.9. The van der Waals surface area contributed by atoms with Gasteiger partial charge in [0.2, 0.25) is 5.89 Å². The van der Waals surface area contributed by atoms with Crippen molar-refractivity contribution in [1.29, 1.82) is 0 Å². The Kier molecular flexibility index (Phi) is 5.56. The average molecular weight is 398 g/mol. The Balaban J connectivity index is 1.48. The Bertz CT molecular complexity index is 831. The molecule has 1 amide bonds. The highest BCUT2D eigenvalue weighted by atomic mass is 16.5. The summed E-state index contributed by atoms with van der Waals surface area (Å²) in [4.78, 5) is 24.4. The number of aromatic nitrogens is 3. The number of nitrogens with one attached hydrogen (secondary N) is 1. The number of hydrogen-bond donors (Lipinski definition) is 1. The highest BCUT2D eigenvalue weighted by Gasteiger charge is 2.41. The van der Waals surface area contributed by atoms with Gasteiger partial charge in [0.1, 0.15) is 11.4 Å². The van der Waals surface area contributed by atoms with Crippen LogP contribution in [0, 0.1) is 5.92 Å². The number of rotatable bonds is 5. The van der Waals surface area contributed by atoms with Crippen LogP contribution in [-0.2, 0) is 5.54 Å². The molecule has 0 aromatic carbocycles. The largest absolute Gasteiger partial charge is 0.357 e. The van der Waals surface area contributed by atoms with E-state index in [1.807, 2.05) is 26.0 Å². The molecule has 1 saturated carbocycles. The number of piperidine rings is 1. The zero-order valence-corrected chi connectivity index (χ0v) is 17.6. The molecule has 7 nitrogen and oxygen atoms in total. The monoisotopic (exact) mass is 397 g/mol. The van der Waals surface area contributed by atoms with Crippen LogP contribution in [0.3, 0.4) is 0 Å². The van der Waals surface area contributed by atoms with Gasteiger partial charge in [0.25, 0.3) is 5.91 Å². The Morgan fingerprint density at radius 2 is 1.97 bits per heavy atom. The van der Waals surface area contributed by atoms with E-state index in [0.29, 0.717) is 17.3 Å². The Morgan fingerprint density at radius 3 is 2.55 bits per heavy atom. The molecular weight excluding hydrogens is 366 g/mol. The van der Waals surface area contributed by atoms with E-state index in [-0.39, 0.29) is 11.8 Å². The van der Waals surface area contributed by atoms with Gasteiger partial charge < -0.3 is 14.7 Å². The quantitative estimate of drug-likeness (QED) is 0.820. The van der Waals surface area contributed by atoms with Crippen LogP contribution < -0.4 is 10.2 Å². The van der Waals surface area contributed by atoms with E-state index in [4.69, 9.17) is 4.52 Å². The van der Waals surface area contributed by atoms with Crippen LogP contribution >= 0.6 is 0 Å². The fourth-order valence-electron chi connectivity index (χ4n) is 4.28. The minimum atomic E-state index is -0.546. The number of pyridine rings is 1. The third kappa shape index (κ3) is 4.14. The average Bonchev–Trinajstić information content (AvgIpc) is 3.39. The third-order valence-corrected chi connectivity index (χ3v) is 6.29. The number of nitrogens with zero attached hydrogens (tertiary/aromatic N) is 4. The Morgan fingerprint density at radius 1 is 1.24 bits per heavy atom. The number of anilines is 1. The Labute approximate surface area is 172 Å². The minimum Gasteiger partial charge on any atom is -0.357 e. The predicted octanol–water partition coefficient (Wildman–Crippen LogP) is 4.02. The van der Waals surface area contributed by atoms with Crippen LogP contribution in [0.2, 0.25) is 0 Å². The standard InChI is InChI=1S/C22H31N5O2/c1-15(2)20-24-21(26-29-20)22(10-4-5-11-22)25-19(28)17-6-7-18(23-14-17)27-12-8-16(3)9-13-27/h6-7,14-16H,4-5,8-13H2,1-3H3,(H,25,28). The van der Waals surface area contributed by atoms with Crippen molar-refractivity contribution in [2.75, 3.05) is 18.0 Å². The lowest BCUT2D eigenvalue weighted by atomic mass is 9.96. The summed E-state index contributed by atoms with van der Waals surface area (Å²) in [5.41, 5.74) is 0.0213. The van der Waals surface area contributed by atoms with Crippen molar-refractivity contribution in [3.8, 4) is 0 Å². The zero-order valence-electron chi connectivity index (χ0n) is 17.6. The molecule has 1 aliphatic heterocycles. The maximum atomic E-state index is 13.0. The molecule has 1 saturated heterocycles. The molecule has 0 bridgehead atoms. The molecule has 0 spiro atoms. The topological polar surface area (TPSA) is 84.2 Å². The van der Waals surface area contributed by atoms with Crippen molar-refractivity contribution >= 4 is 11.7 Å². The summed E-state index contributed by atoms with van der Waals surface area (Å²) in [6.45, 7) is 8.39. The second-order valence-corrected chi connectivity index (χ2v) is 8.93. The van der Waals surface area contributed by atoms with E-state index < -0.39 is 5.54 Å². The van der Waals surface area contributed by atoms with Gasteiger partial charge in [-0.05, 0) is 43.7 Å². The van der Waals surface area contributed by atoms with E-state index in [0.717, 1.165) is 50.5 Å². The van der Waals surface area contributed by atoms with E-state index in [9.17, 15) is 4.79 Å². The molecule has 156 valence electrons. The third-order valence-electron chi connectivity index (χ3n) is 6.29. The second-order valence-electron chi connectivity index (χ2n) is 8.93. The van der Waals surface area contributed by atoms with Gasteiger partial charge in [0, 0.05) is 25.2 Å². The summed E-state index contributed by atoms with van der Waals surface area (Å²) < 4.78 is 5.41. The lowest BCUT2D eigenvalue weighted by molar-refractivity contribution is 0.0891. The molecule has 1 aliphatic carbocycles. The fraction of sp³-hybridized carbons (Fsp3) is 0.636. The van der Waals surface area contributed by atoms with Gasteiger partial charge in [-0.2, -0.15) is 4.98 Å².